The molecule has 0 radical (unpaired) electrons. The molecule has 3 heterocycles. The second-order valence-electron chi connectivity index (χ2n) is 7.96. The molecule has 0 aliphatic carbocycles. The van der Waals surface area contributed by atoms with Crippen molar-refractivity contribution in [3.05, 3.63) is 46.8 Å². The average Bonchev–Trinajstić information content (AvgIpc) is 2.66. The molecule has 2 aliphatic rings. The van der Waals surface area contributed by atoms with Crippen LogP contribution in [-0.4, -0.2) is 67.3 Å². The first kappa shape index (κ1) is 18.5. The molecule has 0 unspecified atom stereocenters. The second-order valence-corrected chi connectivity index (χ2v) is 7.96. The Morgan fingerprint density at radius 3 is 1.93 bits per heavy atom. The highest BCUT2D eigenvalue weighted by molar-refractivity contribution is 6.05. The maximum atomic E-state index is 12.7. The monoisotopic (exact) mass is 393 g/mol. The lowest BCUT2D eigenvalue weighted by Crippen LogP contribution is -2.39. The number of hydrogen-bond acceptors (Lipinski definition) is 5. The van der Waals surface area contributed by atoms with Crippen molar-refractivity contribution in [2.45, 2.75) is 12.8 Å². The summed E-state index contributed by atoms with van der Waals surface area (Å²) >= 11 is 0. The van der Waals surface area contributed by atoms with Gasteiger partial charge in [-0.2, -0.15) is 0 Å². The molecule has 29 heavy (non-hydrogen) atoms. The molecule has 6 heteroatoms. The summed E-state index contributed by atoms with van der Waals surface area (Å²) in [7, 11) is 0. The van der Waals surface area contributed by atoms with E-state index in [0.717, 1.165) is 54.0 Å². The zero-order chi connectivity index (χ0) is 19.6. The van der Waals surface area contributed by atoms with E-state index in [0.29, 0.717) is 18.6 Å². The van der Waals surface area contributed by atoms with E-state index in [-0.39, 0.29) is 5.56 Å². The van der Waals surface area contributed by atoms with Crippen molar-refractivity contribution in [1.82, 2.24) is 14.8 Å². The first-order valence-electron chi connectivity index (χ1n) is 10.6. The third-order valence-corrected chi connectivity index (χ3v) is 6.01. The highest BCUT2D eigenvalue weighted by Crippen LogP contribution is 2.27. The number of nitrogens with one attached hydrogen (secondary N) is 1. The van der Waals surface area contributed by atoms with Crippen LogP contribution in [0.4, 0.5) is 0 Å². The number of aromatic amines is 1. The van der Waals surface area contributed by atoms with Gasteiger partial charge in [-0.25, -0.2) is 0 Å². The van der Waals surface area contributed by atoms with Gasteiger partial charge in [0, 0.05) is 24.5 Å². The van der Waals surface area contributed by atoms with Gasteiger partial charge >= 0.3 is 0 Å². The molecule has 1 aromatic heterocycles. The number of ether oxygens (including phenoxy) is 2. The predicted molar refractivity (Wildman–Crippen MR) is 115 cm³/mol. The van der Waals surface area contributed by atoms with Gasteiger partial charge in [0.2, 0.25) is 0 Å². The zero-order valence-corrected chi connectivity index (χ0v) is 16.7. The predicted octanol–water partition coefficient (Wildman–Crippen LogP) is 2.85. The molecular formula is C23H27N3O3. The van der Waals surface area contributed by atoms with Crippen LogP contribution in [0.2, 0.25) is 0 Å². The van der Waals surface area contributed by atoms with Crippen LogP contribution < -0.4 is 15.0 Å². The number of benzene rings is 2. The Labute approximate surface area is 170 Å². The maximum absolute atomic E-state index is 12.7. The molecule has 2 aromatic carbocycles. The number of hydrogen-bond donors (Lipinski definition) is 1. The van der Waals surface area contributed by atoms with E-state index < -0.39 is 0 Å². The molecule has 2 saturated heterocycles. The number of H-pyrrole nitrogens is 1. The van der Waals surface area contributed by atoms with Crippen LogP contribution >= 0.6 is 0 Å². The molecule has 0 bridgehead atoms. The minimum atomic E-state index is -0.0987. The summed E-state index contributed by atoms with van der Waals surface area (Å²) < 4.78 is 11.7. The van der Waals surface area contributed by atoms with E-state index in [1.54, 1.807) is 0 Å². The Morgan fingerprint density at radius 1 is 0.759 bits per heavy atom. The van der Waals surface area contributed by atoms with E-state index in [1.807, 2.05) is 36.4 Å². The number of aromatic nitrogens is 1. The van der Waals surface area contributed by atoms with Crippen LogP contribution in [0.5, 0.6) is 11.5 Å². The summed E-state index contributed by atoms with van der Waals surface area (Å²) in [6.45, 7) is 7.87. The van der Waals surface area contributed by atoms with Gasteiger partial charge in [0.05, 0.1) is 10.9 Å². The summed E-state index contributed by atoms with van der Waals surface area (Å²) in [5.74, 6) is 1.53. The van der Waals surface area contributed by atoms with Crippen LogP contribution in [0.25, 0.3) is 21.7 Å². The largest absolute Gasteiger partial charge is 0.492 e. The van der Waals surface area contributed by atoms with E-state index in [1.165, 1.54) is 25.9 Å². The van der Waals surface area contributed by atoms with Crippen molar-refractivity contribution in [2.75, 3.05) is 52.5 Å². The second kappa shape index (κ2) is 8.05. The fraction of sp³-hybridized carbons (Fsp3) is 0.435. The van der Waals surface area contributed by atoms with Gasteiger partial charge < -0.3 is 14.5 Å². The van der Waals surface area contributed by atoms with Crippen molar-refractivity contribution in [3.63, 3.8) is 0 Å². The summed E-state index contributed by atoms with van der Waals surface area (Å²) in [6.07, 6.45) is 2.57. The van der Waals surface area contributed by atoms with Crippen LogP contribution in [0, 0.1) is 0 Å². The van der Waals surface area contributed by atoms with Crippen molar-refractivity contribution < 1.29 is 9.47 Å². The lowest BCUT2D eigenvalue weighted by Gasteiger charge is -2.30. The smallest absolute Gasteiger partial charge is 0.256 e. The lowest BCUT2D eigenvalue weighted by molar-refractivity contribution is 0.147. The van der Waals surface area contributed by atoms with Gasteiger partial charge in [0.25, 0.3) is 5.56 Å². The molecule has 5 rings (SSSR count). The first-order chi connectivity index (χ1) is 14.3. The zero-order valence-electron chi connectivity index (χ0n) is 16.7. The van der Waals surface area contributed by atoms with Gasteiger partial charge in [-0.05, 0) is 74.7 Å². The standard InChI is InChI=1S/C23H27N3O3/c27-23-21-15-17(28-13-11-25-7-1-8-25)3-5-19(21)20-6-4-18(16-22(20)24-23)29-14-12-26-9-2-10-26/h3-6,15-16H,1-2,7-14H2,(H,24,27). The third-order valence-electron chi connectivity index (χ3n) is 6.01. The molecule has 0 saturated carbocycles. The first-order valence-corrected chi connectivity index (χ1v) is 10.6. The van der Waals surface area contributed by atoms with E-state index >= 15 is 0 Å². The van der Waals surface area contributed by atoms with Crippen molar-refractivity contribution >= 4 is 21.7 Å². The van der Waals surface area contributed by atoms with Crippen molar-refractivity contribution in [3.8, 4) is 11.5 Å². The molecule has 6 nitrogen and oxygen atoms in total. The minimum absolute atomic E-state index is 0.0987. The highest BCUT2D eigenvalue weighted by atomic mass is 16.5. The van der Waals surface area contributed by atoms with Gasteiger partial charge in [-0.1, -0.05) is 0 Å². The highest BCUT2D eigenvalue weighted by Gasteiger charge is 2.14. The molecular weight excluding hydrogens is 366 g/mol. The van der Waals surface area contributed by atoms with E-state index in [2.05, 4.69) is 14.8 Å². The summed E-state index contributed by atoms with van der Waals surface area (Å²) in [4.78, 5) is 20.4. The number of fused-ring (bicyclic) bond motifs is 3. The van der Waals surface area contributed by atoms with Crippen molar-refractivity contribution in [2.24, 2.45) is 0 Å². The Kier molecular flexibility index (Phi) is 5.12. The quantitative estimate of drug-likeness (QED) is 0.597. The Morgan fingerprint density at radius 2 is 1.34 bits per heavy atom. The Balaban J connectivity index is 1.33. The molecule has 2 fully saturated rings. The summed E-state index contributed by atoms with van der Waals surface area (Å²) in [5, 5.41) is 2.61. The van der Waals surface area contributed by atoms with Crippen molar-refractivity contribution in [1.29, 1.82) is 0 Å². The van der Waals surface area contributed by atoms with E-state index in [4.69, 9.17) is 9.47 Å². The average molecular weight is 393 g/mol. The number of pyridine rings is 1. The Bertz CT molecular complexity index is 1070. The van der Waals surface area contributed by atoms with Gasteiger partial charge in [-0.15, -0.1) is 0 Å². The van der Waals surface area contributed by atoms with Gasteiger partial charge in [-0.3, -0.25) is 14.6 Å². The topological polar surface area (TPSA) is 57.8 Å². The molecule has 0 spiro atoms. The summed E-state index contributed by atoms with van der Waals surface area (Å²) in [6, 6.07) is 11.7. The van der Waals surface area contributed by atoms with Crippen LogP contribution in [0.1, 0.15) is 12.8 Å². The Hall–Kier alpha value is -2.57. The van der Waals surface area contributed by atoms with Gasteiger partial charge in [0.15, 0.2) is 0 Å². The van der Waals surface area contributed by atoms with Crippen LogP contribution in [0.3, 0.4) is 0 Å². The summed E-state index contributed by atoms with van der Waals surface area (Å²) in [5.41, 5.74) is 0.703. The van der Waals surface area contributed by atoms with Crippen LogP contribution in [-0.2, 0) is 0 Å². The SMILES string of the molecule is O=c1[nH]c2cc(OCCN3CCC3)ccc2c2ccc(OCCN3CCC3)cc12. The third kappa shape index (κ3) is 3.95. The molecule has 2 aliphatic heterocycles. The van der Waals surface area contributed by atoms with Crippen LogP contribution in [0.15, 0.2) is 41.2 Å². The molecule has 1 N–H and O–H groups in total. The number of likely N-dealkylation sites (tertiary alicyclic amines) is 2. The molecule has 0 atom stereocenters. The fourth-order valence-corrected chi connectivity index (χ4v) is 3.97. The minimum Gasteiger partial charge on any atom is -0.492 e. The molecule has 3 aromatic rings. The maximum Gasteiger partial charge on any atom is 0.256 e. The molecule has 0 amide bonds. The van der Waals surface area contributed by atoms with Gasteiger partial charge in [0.1, 0.15) is 24.7 Å². The number of nitrogens with zero attached hydrogens (tertiary/aromatic N) is 2. The lowest BCUT2D eigenvalue weighted by atomic mass is 10.1. The fourth-order valence-electron chi connectivity index (χ4n) is 3.97. The molecule has 152 valence electrons. The van der Waals surface area contributed by atoms with E-state index in [9.17, 15) is 4.79 Å². The number of rotatable bonds is 8. The normalized spacial score (nSPS) is 17.2.